The van der Waals surface area contributed by atoms with Crippen LogP contribution in [0.4, 0.5) is 0 Å². The van der Waals surface area contributed by atoms with Crippen LogP contribution in [-0.2, 0) is 14.4 Å². The van der Waals surface area contributed by atoms with E-state index in [-0.39, 0.29) is 42.4 Å². The zero-order valence-corrected chi connectivity index (χ0v) is 14.7. The number of hydrogen-bond acceptors (Lipinski definition) is 6. The Kier molecular flexibility index (Phi) is 4.51. The lowest BCUT2D eigenvalue weighted by atomic mass is 9.81. The third-order valence-corrected chi connectivity index (χ3v) is 5.30. The van der Waals surface area contributed by atoms with Crippen LogP contribution in [0.3, 0.4) is 0 Å². The van der Waals surface area contributed by atoms with E-state index in [1.807, 2.05) is 0 Å². The number of likely N-dealkylation sites (tertiary alicyclic amines) is 1. The van der Waals surface area contributed by atoms with Gasteiger partial charge >= 0.3 is 11.6 Å². The molecule has 1 saturated heterocycles. The SMILES string of the molecule is O=C(CCN1C(=O)[C@H]2CCCC[C@@H]2C1=O)Oc1ccc2ccc(=O)oc2c1. The van der Waals surface area contributed by atoms with Crippen molar-refractivity contribution in [3.8, 4) is 5.75 Å². The summed E-state index contributed by atoms with van der Waals surface area (Å²) in [4.78, 5) is 49.5. The minimum Gasteiger partial charge on any atom is -0.426 e. The first-order chi connectivity index (χ1) is 13.0. The fraction of sp³-hybridized carbons (Fsp3) is 0.400. The molecule has 1 aliphatic heterocycles. The molecule has 0 unspecified atom stereocenters. The Morgan fingerprint density at radius 2 is 1.70 bits per heavy atom. The van der Waals surface area contributed by atoms with Gasteiger partial charge in [0.05, 0.1) is 18.3 Å². The maximum atomic E-state index is 12.4. The summed E-state index contributed by atoms with van der Waals surface area (Å²) in [5.74, 6) is -1.07. The van der Waals surface area contributed by atoms with Crippen molar-refractivity contribution < 1.29 is 23.5 Å². The first kappa shape index (κ1) is 17.5. The highest BCUT2D eigenvalue weighted by molar-refractivity contribution is 6.05. The molecule has 140 valence electrons. The number of ether oxygens (including phenoxy) is 1. The fourth-order valence-electron chi connectivity index (χ4n) is 3.94. The van der Waals surface area contributed by atoms with Gasteiger partial charge in [-0.1, -0.05) is 12.8 Å². The molecule has 1 aliphatic carbocycles. The van der Waals surface area contributed by atoms with E-state index in [1.54, 1.807) is 18.2 Å². The van der Waals surface area contributed by atoms with Crippen LogP contribution in [-0.4, -0.2) is 29.2 Å². The molecule has 2 atom stereocenters. The molecule has 2 aromatic rings. The van der Waals surface area contributed by atoms with Gasteiger partial charge in [0.15, 0.2) is 0 Å². The number of amides is 2. The summed E-state index contributed by atoms with van der Waals surface area (Å²) in [6.07, 6.45) is 3.35. The molecule has 2 heterocycles. The maximum Gasteiger partial charge on any atom is 0.336 e. The van der Waals surface area contributed by atoms with Crippen LogP contribution in [0, 0.1) is 11.8 Å². The van der Waals surface area contributed by atoms with Crippen molar-refractivity contribution in [2.45, 2.75) is 32.1 Å². The summed E-state index contributed by atoms with van der Waals surface area (Å²) in [5, 5.41) is 0.713. The van der Waals surface area contributed by atoms with Crippen LogP contribution < -0.4 is 10.4 Å². The Morgan fingerprint density at radius 1 is 1.04 bits per heavy atom. The Bertz CT molecular complexity index is 954. The van der Waals surface area contributed by atoms with Gasteiger partial charge in [-0.15, -0.1) is 0 Å². The second kappa shape index (κ2) is 6.98. The lowest BCUT2D eigenvalue weighted by Crippen LogP contribution is -2.33. The largest absolute Gasteiger partial charge is 0.426 e. The van der Waals surface area contributed by atoms with Crippen LogP contribution in [0.15, 0.2) is 39.5 Å². The first-order valence-corrected chi connectivity index (χ1v) is 9.13. The van der Waals surface area contributed by atoms with Gasteiger partial charge < -0.3 is 9.15 Å². The third-order valence-electron chi connectivity index (χ3n) is 5.30. The highest BCUT2D eigenvalue weighted by Crippen LogP contribution is 2.38. The maximum absolute atomic E-state index is 12.4. The Balaban J connectivity index is 1.39. The van der Waals surface area contributed by atoms with Gasteiger partial charge in [0.2, 0.25) is 11.8 Å². The number of carbonyl (C=O) groups is 3. The van der Waals surface area contributed by atoms with E-state index >= 15 is 0 Å². The van der Waals surface area contributed by atoms with Crippen LogP contribution in [0.2, 0.25) is 0 Å². The fourth-order valence-corrected chi connectivity index (χ4v) is 3.94. The van der Waals surface area contributed by atoms with E-state index in [9.17, 15) is 19.2 Å². The molecular weight excluding hydrogens is 350 g/mol. The van der Waals surface area contributed by atoms with Crippen molar-refractivity contribution in [2.75, 3.05) is 6.54 Å². The smallest absolute Gasteiger partial charge is 0.336 e. The number of hydrogen-bond donors (Lipinski definition) is 0. The zero-order valence-electron chi connectivity index (χ0n) is 14.7. The van der Waals surface area contributed by atoms with Gasteiger partial charge in [-0.2, -0.15) is 0 Å². The van der Waals surface area contributed by atoms with E-state index in [0.717, 1.165) is 25.7 Å². The summed E-state index contributed by atoms with van der Waals surface area (Å²) in [6.45, 7) is 0.0339. The second-order valence-electron chi connectivity index (χ2n) is 7.00. The van der Waals surface area contributed by atoms with Gasteiger partial charge in [0.25, 0.3) is 0 Å². The quantitative estimate of drug-likeness (QED) is 0.355. The average molecular weight is 369 g/mol. The second-order valence-corrected chi connectivity index (χ2v) is 7.00. The van der Waals surface area contributed by atoms with E-state index < -0.39 is 11.6 Å². The van der Waals surface area contributed by atoms with Crippen molar-refractivity contribution in [1.29, 1.82) is 0 Å². The van der Waals surface area contributed by atoms with Crippen molar-refractivity contribution in [2.24, 2.45) is 11.8 Å². The number of fused-ring (bicyclic) bond motifs is 2. The molecule has 2 amide bonds. The van der Waals surface area contributed by atoms with Crippen LogP contribution in [0.25, 0.3) is 11.0 Å². The molecule has 0 radical (unpaired) electrons. The summed E-state index contributed by atoms with van der Waals surface area (Å²) in [7, 11) is 0. The summed E-state index contributed by atoms with van der Waals surface area (Å²) in [6, 6.07) is 7.68. The number of rotatable bonds is 4. The molecule has 0 bridgehead atoms. The lowest BCUT2D eigenvalue weighted by molar-refractivity contribution is -0.141. The molecular formula is C20H19NO6. The molecule has 4 rings (SSSR count). The number of carbonyl (C=O) groups excluding carboxylic acids is 3. The van der Waals surface area contributed by atoms with E-state index in [2.05, 4.69) is 0 Å². The lowest BCUT2D eigenvalue weighted by Gasteiger charge is -2.19. The van der Waals surface area contributed by atoms with E-state index in [0.29, 0.717) is 11.0 Å². The van der Waals surface area contributed by atoms with E-state index in [4.69, 9.17) is 9.15 Å². The van der Waals surface area contributed by atoms with Crippen molar-refractivity contribution in [3.05, 3.63) is 40.8 Å². The zero-order chi connectivity index (χ0) is 19.0. The monoisotopic (exact) mass is 369 g/mol. The number of esters is 1. The summed E-state index contributed by atoms with van der Waals surface area (Å²) in [5.41, 5.74) is -0.166. The van der Waals surface area contributed by atoms with Crippen LogP contribution in [0.5, 0.6) is 5.75 Å². The molecule has 2 fully saturated rings. The van der Waals surface area contributed by atoms with Gasteiger partial charge in [0, 0.05) is 24.1 Å². The molecule has 1 aromatic carbocycles. The number of nitrogens with zero attached hydrogens (tertiary/aromatic N) is 1. The van der Waals surface area contributed by atoms with Gasteiger partial charge in [-0.25, -0.2) is 4.79 Å². The Labute approximate surface area is 154 Å². The molecule has 7 nitrogen and oxygen atoms in total. The summed E-state index contributed by atoms with van der Waals surface area (Å²) >= 11 is 0. The molecule has 2 aliphatic rings. The number of imide groups is 1. The van der Waals surface area contributed by atoms with Gasteiger partial charge in [-0.3, -0.25) is 19.3 Å². The summed E-state index contributed by atoms with van der Waals surface area (Å²) < 4.78 is 10.3. The Morgan fingerprint density at radius 3 is 2.41 bits per heavy atom. The van der Waals surface area contributed by atoms with Crippen molar-refractivity contribution in [3.63, 3.8) is 0 Å². The Hall–Kier alpha value is -2.96. The van der Waals surface area contributed by atoms with Gasteiger partial charge in [-0.05, 0) is 31.0 Å². The molecule has 1 saturated carbocycles. The topological polar surface area (TPSA) is 93.9 Å². The minimum absolute atomic E-state index is 0.0339. The number of benzene rings is 1. The van der Waals surface area contributed by atoms with Crippen LogP contribution >= 0.6 is 0 Å². The predicted molar refractivity (Wildman–Crippen MR) is 94.9 cm³/mol. The predicted octanol–water partition coefficient (Wildman–Crippen LogP) is 2.26. The van der Waals surface area contributed by atoms with E-state index in [1.165, 1.54) is 17.0 Å². The molecule has 1 aromatic heterocycles. The standard InChI is InChI=1S/C20H19NO6/c22-17-8-6-12-5-7-13(11-16(12)27-17)26-18(23)9-10-21-19(24)14-3-1-2-4-15(14)20(21)25/h5-8,11,14-15H,1-4,9-10H2/t14-,15-/m0/s1. The molecule has 7 heteroatoms. The highest BCUT2D eigenvalue weighted by atomic mass is 16.5. The first-order valence-electron chi connectivity index (χ1n) is 9.13. The highest BCUT2D eigenvalue weighted by Gasteiger charge is 2.47. The third kappa shape index (κ3) is 3.37. The van der Waals surface area contributed by atoms with Gasteiger partial charge in [0.1, 0.15) is 11.3 Å². The average Bonchev–Trinajstić information content (AvgIpc) is 2.90. The molecule has 27 heavy (non-hydrogen) atoms. The normalized spacial score (nSPS) is 22.1. The van der Waals surface area contributed by atoms with Crippen LogP contribution in [0.1, 0.15) is 32.1 Å². The minimum atomic E-state index is -0.553. The molecule has 0 spiro atoms. The molecule has 0 N–H and O–H groups in total. The van der Waals surface area contributed by atoms with Crippen molar-refractivity contribution >= 4 is 28.8 Å². The van der Waals surface area contributed by atoms with Crippen molar-refractivity contribution in [1.82, 2.24) is 4.90 Å².